The Hall–Kier alpha value is -4.47. The fourth-order valence-corrected chi connectivity index (χ4v) is 8.17. The van der Waals surface area contributed by atoms with Crippen molar-refractivity contribution in [3.05, 3.63) is 143 Å². The van der Waals surface area contributed by atoms with Gasteiger partial charge in [-0.3, -0.25) is 10.1 Å². The van der Waals surface area contributed by atoms with Crippen LogP contribution in [0.1, 0.15) is 48.0 Å². The number of phenols is 1. The minimum atomic E-state index is -0.759. The molecule has 216 valence electrons. The third-order valence-corrected chi connectivity index (χ3v) is 10.1. The molecule has 9 heteroatoms. The smallest absolute Gasteiger partial charge is 0.244 e. The van der Waals surface area contributed by atoms with Crippen molar-refractivity contribution < 1.29 is 9.90 Å². The summed E-state index contributed by atoms with van der Waals surface area (Å²) in [5.74, 6) is 0.804. The molecule has 0 spiro atoms. The maximum Gasteiger partial charge on any atom is 0.244 e. The molecule has 3 atom stereocenters. The first-order valence-electron chi connectivity index (χ1n) is 14.4. The molecule has 3 unspecified atom stereocenters. The highest BCUT2D eigenvalue weighted by atomic mass is 32.2. The summed E-state index contributed by atoms with van der Waals surface area (Å²) in [6, 6.07) is 37.4. The number of aromatic hydroxyl groups is 1. The van der Waals surface area contributed by atoms with E-state index in [1.807, 2.05) is 71.6 Å². The van der Waals surface area contributed by atoms with Gasteiger partial charge in [-0.1, -0.05) is 109 Å². The van der Waals surface area contributed by atoms with Crippen molar-refractivity contribution in [1.29, 1.82) is 0 Å². The molecule has 3 heterocycles. The van der Waals surface area contributed by atoms with Crippen molar-refractivity contribution in [3.8, 4) is 5.75 Å². The lowest BCUT2D eigenvalue weighted by Crippen LogP contribution is -2.70. The van der Waals surface area contributed by atoms with Crippen LogP contribution in [0.15, 0.2) is 115 Å². The van der Waals surface area contributed by atoms with Crippen molar-refractivity contribution in [1.82, 2.24) is 30.4 Å². The number of phenolic OH excluding ortho intramolecular Hbond substituents is 1. The Bertz CT molecular complexity index is 1650. The maximum absolute atomic E-state index is 14.3. The number of carbonyl (C=O) groups excluding carboxylic acids is 1. The van der Waals surface area contributed by atoms with E-state index in [1.165, 1.54) is 0 Å². The van der Waals surface area contributed by atoms with Gasteiger partial charge in [0.05, 0.1) is 12.1 Å². The van der Waals surface area contributed by atoms with Crippen LogP contribution in [0.5, 0.6) is 5.75 Å². The second-order valence-electron chi connectivity index (χ2n) is 11.6. The minimum absolute atomic E-state index is 0.0114. The lowest BCUT2D eigenvalue weighted by Gasteiger charge is -2.49. The zero-order valence-corrected chi connectivity index (χ0v) is 24.7. The average molecular weight is 589 g/mol. The summed E-state index contributed by atoms with van der Waals surface area (Å²) in [7, 11) is 0. The summed E-state index contributed by atoms with van der Waals surface area (Å²) in [6.07, 6.45) is 0. The van der Waals surface area contributed by atoms with Crippen LogP contribution in [0.25, 0.3) is 0 Å². The molecule has 8 nitrogen and oxygen atoms in total. The maximum atomic E-state index is 14.3. The molecule has 0 radical (unpaired) electrons. The summed E-state index contributed by atoms with van der Waals surface area (Å²) in [6.45, 7) is 4.59. The molecule has 2 aliphatic heterocycles. The summed E-state index contributed by atoms with van der Waals surface area (Å²) in [5.41, 5.74) is 3.13. The van der Waals surface area contributed by atoms with Gasteiger partial charge in [-0.15, -0.1) is 16.9 Å². The quantitative estimate of drug-likeness (QED) is 0.192. The molecule has 2 aliphatic rings. The lowest BCUT2D eigenvalue weighted by molar-refractivity contribution is -0.150. The van der Waals surface area contributed by atoms with E-state index in [0.29, 0.717) is 17.9 Å². The highest BCUT2D eigenvalue weighted by molar-refractivity contribution is 8.01. The van der Waals surface area contributed by atoms with Crippen LogP contribution in [-0.2, 0) is 16.9 Å². The fourth-order valence-electron chi connectivity index (χ4n) is 6.54. The molecule has 0 aliphatic carbocycles. The van der Waals surface area contributed by atoms with Crippen molar-refractivity contribution in [3.63, 3.8) is 0 Å². The van der Waals surface area contributed by atoms with E-state index in [9.17, 15) is 9.90 Å². The largest absolute Gasteiger partial charge is 0.508 e. The van der Waals surface area contributed by atoms with Gasteiger partial charge < -0.3 is 10.0 Å². The Morgan fingerprint density at radius 2 is 1.37 bits per heavy atom. The number of rotatable bonds is 8. The van der Waals surface area contributed by atoms with Crippen LogP contribution in [-0.4, -0.2) is 52.3 Å². The number of thioether (sulfide) groups is 1. The number of carbonyl (C=O) groups is 1. The van der Waals surface area contributed by atoms with E-state index < -0.39 is 11.6 Å². The number of benzene rings is 4. The topological polar surface area (TPSA) is 96.2 Å². The predicted molar refractivity (Wildman–Crippen MR) is 166 cm³/mol. The summed E-state index contributed by atoms with van der Waals surface area (Å²) in [4.78, 5) is 16.2. The second kappa shape index (κ2) is 10.7. The number of nitrogens with zero attached hydrogens (tertiary/aromatic N) is 5. The monoisotopic (exact) mass is 588 g/mol. The molecular weight excluding hydrogens is 556 g/mol. The number of nitrogens with one attached hydrogen (secondary N) is 1. The molecule has 2 saturated heterocycles. The highest BCUT2D eigenvalue weighted by Crippen LogP contribution is 2.57. The molecule has 2 fully saturated rings. The van der Waals surface area contributed by atoms with Gasteiger partial charge in [0.15, 0.2) is 5.82 Å². The van der Waals surface area contributed by atoms with Crippen LogP contribution in [0.4, 0.5) is 0 Å². The average Bonchev–Trinajstić information content (AvgIpc) is 3.59. The van der Waals surface area contributed by atoms with Crippen LogP contribution in [0.3, 0.4) is 0 Å². The van der Waals surface area contributed by atoms with Gasteiger partial charge >= 0.3 is 0 Å². The SMILES string of the molecule is CC1(C)SC2C(NC(c3ccccc3)(c3ccccc3)c3ccccc3)C(=O)N2C1c1nnnn1Cc1ccccc1O. The van der Waals surface area contributed by atoms with E-state index >= 15 is 0 Å². The number of hydrogen-bond acceptors (Lipinski definition) is 7. The number of hydrogen-bond donors (Lipinski definition) is 2. The molecule has 43 heavy (non-hydrogen) atoms. The minimum Gasteiger partial charge on any atom is -0.508 e. The Balaban J connectivity index is 1.27. The molecule has 7 rings (SSSR count). The molecule has 1 amide bonds. The third-order valence-electron chi connectivity index (χ3n) is 8.55. The zero-order valence-electron chi connectivity index (χ0n) is 23.9. The highest BCUT2D eigenvalue weighted by Gasteiger charge is 2.64. The summed E-state index contributed by atoms with van der Waals surface area (Å²) >= 11 is 1.76. The fraction of sp³-hybridized carbons (Fsp3) is 0.235. The van der Waals surface area contributed by atoms with E-state index in [4.69, 9.17) is 0 Å². The molecule has 4 aromatic carbocycles. The van der Waals surface area contributed by atoms with Gasteiger partial charge in [0, 0.05) is 10.3 Å². The van der Waals surface area contributed by atoms with Crippen molar-refractivity contribution in [2.24, 2.45) is 0 Å². The van der Waals surface area contributed by atoms with Gasteiger partial charge in [0.1, 0.15) is 23.2 Å². The number of amides is 1. The number of para-hydroxylation sites is 1. The predicted octanol–water partition coefficient (Wildman–Crippen LogP) is 5.11. The second-order valence-corrected chi connectivity index (χ2v) is 13.3. The van der Waals surface area contributed by atoms with Crippen LogP contribution in [0, 0.1) is 0 Å². The van der Waals surface area contributed by atoms with Crippen LogP contribution >= 0.6 is 11.8 Å². The lowest BCUT2D eigenvalue weighted by atomic mass is 9.76. The van der Waals surface area contributed by atoms with Crippen molar-refractivity contribution in [2.75, 3.05) is 0 Å². The molecule has 0 saturated carbocycles. The number of tetrazole rings is 1. The van der Waals surface area contributed by atoms with E-state index in [0.717, 1.165) is 16.7 Å². The first-order chi connectivity index (χ1) is 20.9. The van der Waals surface area contributed by atoms with E-state index in [1.54, 1.807) is 28.6 Å². The Morgan fingerprint density at radius 1 is 0.837 bits per heavy atom. The van der Waals surface area contributed by atoms with Gasteiger partial charge in [0.25, 0.3) is 0 Å². The summed E-state index contributed by atoms with van der Waals surface area (Å²) in [5, 5.41) is 26.8. The summed E-state index contributed by atoms with van der Waals surface area (Å²) < 4.78 is 1.33. The molecule has 0 bridgehead atoms. The van der Waals surface area contributed by atoms with Crippen molar-refractivity contribution in [2.45, 2.75) is 48.1 Å². The number of fused-ring (bicyclic) bond motifs is 1. The molecule has 1 aromatic heterocycles. The first-order valence-corrected chi connectivity index (χ1v) is 15.3. The number of β-lactam (4-membered cyclic amide) rings is 1. The van der Waals surface area contributed by atoms with E-state index in [-0.39, 0.29) is 27.8 Å². The van der Waals surface area contributed by atoms with Crippen LogP contribution in [0.2, 0.25) is 0 Å². The van der Waals surface area contributed by atoms with E-state index in [2.05, 4.69) is 71.1 Å². The number of aromatic nitrogens is 4. The van der Waals surface area contributed by atoms with Gasteiger partial charge in [0.2, 0.25) is 5.91 Å². The van der Waals surface area contributed by atoms with Gasteiger partial charge in [-0.25, -0.2) is 4.68 Å². The van der Waals surface area contributed by atoms with Crippen molar-refractivity contribution >= 4 is 17.7 Å². The van der Waals surface area contributed by atoms with Gasteiger partial charge in [-0.2, -0.15) is 0 Å². The Morgan fingerprint density at radius 3 is 1.93 bits per heavy atom. The zero-order chi connectivity index (χ0) is 29.6. The normalized spacial score (nSPS) is 20.9. The third kappa shape index (κ3) is 4.51. The first kappa shape index (κ1) is 27.4. The molecule has 5 aromatic rings. The van der Waals surface area contributed by atoms with Crippen LogP contribution < -0.4 is 5.32 Å². The molecule has 2 N–H and O–H groups in total. The standard InChI is InChI=1S/C34H32N6O2S/c1-33(2)29(30-36-37-38-39(30)22-23-14-12-13-21-27(23)41)40-31(42)28(32(40)43-33)35-34(24-15-6-3-7-16-24,25-17-8-4-9-18-25)26-19-10-5-11-20-26/h3-21,28-29,32,35,41H,22H2,1-2H3. The Kier molecular flexibility index (Phi) is 6.79. The molecular formula is C34H32N6O2S. The van der Waals surface area contributed by atoms with Gasteiger partial charge in [-0.05, 0) is 47.0 Å². The Labute approximate surface area is 254 Å².